The van der Waals surface area contributed by atoms with Gasteiger partial charge < -0.3 is 15.4 Å². The first-order valence-corrected chi connectivity index (χ1v) is 8.12. The number of rotatable bonds is 6. The molecule has 128 valence electrons. The van der Waals surface area contributed by atoms with Crippen molar-refractivity contribution in [3.63, 3.8) is 0 Å². The van der Waals surface area contributed by atoms with Gasteiger partial charge in [-0.05, 0) is 36.2 Å². The fourth-order valence-corrected chi connectivity index (χ4v) is 2.51. The van der Waals surface area contributed by atoms with Gasteiger partial charge in [0.2, 0.25) is 5.95 Å². The standard InChI is InChI=1S/C18H18ClN5O/c1-12-5-3-4-6-13(12)10-20-17-11-21-24-18(23-17)22-15-9-14(19)7-8-16(15)25-2/h3-9,11H,10H2,1-2H3,(H2,20,22,23,24). The van der Waals surface area contributed by atoms with Crippen LogP contribution in [-0.2, 0) is 6.54 Å². The Balaban J connectivity index is 1.74. The Labute approximate surface area is 151 Å². The second-order valence-corrected chi connectivity index (χ2v) is 5.85. The number of nitrogens with one attached hydrogen (secondary N) is 2. The van der Waals surface area contributed by atoms with Crippen molar-refractivity contribution in [2.24, 2.45) is 0 Å². The van der Waals surface area contributed by atoms with Crippen LogP contribution in [0.15, 0.2) is 48.7 Å². The molecule has 0 aliphatic carbocycles. The van der Waals surface area contributed by atoms with Gasteiger partial charge in [0.25, 0.3) is 0 Å². The fourth-order valence-electron chi connectivity index (χ4n) is 2.33. The molecule has 0 amide bonds. The number of benzene rings is 2. The third-order valence-electron chi connectivity index (χ3n) is 3.69. The Kier molecular flexibility index (Phi) is 5.30. The highest BCUT2D eigenvalue weighted by molar-refractivity contribution is 6.31. The van der Waals surface area contributed by atoms with Crippen LogP contribution in [0.4, 0.5) is 17.5 Å². The number of anilines is 3. The van der Waals surface area contributed by atoms with E-state index in [1.54, 1.807) is 31.5 Å². The SMILES string of the molecule is COc1ccc(Cl)cc1Nc1nncc(NCc2ccccc2C)n1. The van der Waals surface area contributed by atoms with E-state index in [1.807, 2.05) is 12.1 Å². The lowest BCUT2D eigenvalue weighted by Crippen LogP contribution is -2.06. The number of methoxy groups -OCH3 is 1. The summed E-state index contributed by atoms with van der Waals surface area (Å²) in [6, 6.07) is 13.5. The van der Waals surface area contributed by atoms with Gasteiger partial charge in [0.05, 0.1) is 19.0 Å². The van der Waals surface area contributed by atoms with E-state index in [9.17, 15) is 0 Å². The highest BCUT2D eigenvalue weighted by Gasteiger charge is 2.07. The summed E-state index contributed by atoms with van der Waals surface area (Å²) in [4.78, 5) is 4.42. The Hall–Kier alpha value is -2.86. The zero-order chi connectivity index (χ0) is 17.6. The van der Waals surface area contributed by atoms with Gasteiger partial charge in [-0.25, -0.2) is 0 Å². The third-order valence-corrected chi connectivity index (χ3v) is 3.92. The zero-order valence-corrected chi connectivity index (χ0v) is 14.7. The number of aryl methyl sites for hydroxylation is 1. The minimum absolute atomic E-state index is 0.357. The summed E-state index contributed by atoms with van der Waals surface area (Å²) in [5, 5.41) is 14.9. The van der Waals surface area contributed by atoms with Crippen LogP contribution in [0.5, 0.6) is 5.75 Å². The summed E-state index contributed by atoms with van der Waals surface area (Å²) in [6.45, 7) is 2.74. The summed E-state index contributed by atoms with van der Waals surface area (Å²) in [7, 11) is 1.59. The number of aromatic nitrogens is 3. The first-order valence-electron chi connectivity index (χ1n) is 7.74. The van der Waals surface area contributed by atoms with E-state index in [2.05, 4.69) is 44.9 Å². The van der Waals surface area contributed by atoms with Crippen LogP contribution < -0.4 is 15.4 Å². The van der Waals surface area contributed by atoms with Crippen LogP contribution in [0.25, 0.3) is 0 Å². The zero-order valence-electron chi connectivity index (χ0n) is 14.0. The molecule has 2 aromatic carbocycles. The van der Waals surface area contributed by atoms with Crippen LogP contribution in [0.3, 0.4) is 0 Å². The van der Waals surface area contributed by atoms with Crippen molar-refractivity contribution in [2.45, 2.75) is 13.5 Å². The number of ether oxygens (including phenoxy) is 1. The topological polar surface area (TPSA) is 72.0 Å². The molecule has 0 aliphatic heterocycles. The van der Waals surface area contributed by atoms with Gasteiger partial charge in [-0.3, -0.25) is 0 Å². The van der Waals surface area contributed by atoms with Gasteiger partial charge in [-0.1, -0.05) is 35.9 Å². The molecule has 0 saturated carbocycles. The number of hydrogen-bond acceptors (Lipinski definition) is 6. The van der Waals surface area contributed by atoms with Gasteiger partial charge in [-0.15, -0.1) is 5.10 Å². The molecule has 3 rings (SSSR count). The molecular weight excluding hydrogens is 338 g/mol. The van der Waals surface area contributed by atoms with E-state index >= 15 is 0 Å². The highest BCUT2D eigenvalue weighted by atomic mass is 35.5. The van der Waals surface area contributed by atoms with Crippen molar-refractivity contribution >= 4 is 29.1 Å². The van der Waals surface area contributed by atoms with Gasteiger partial charge in [0.1, 0.15) is 5.75 Å². The molecule has 1 heterocycles. The molecule has 0 saturated heterocycles. The van der Waals surface area contributed by atoms with E-state index < -0.39 is 0 Å². The fraction of sp³-hybridized carbons (Fsp3) is 0.167. The minimum atomic E-state index is 0.357. The Morgan fingerprint density at radius 3 is 2.80 bits per heavy atom. The summed E-state index contributed by atoms with van der Waals surface area (Å²) < 4.78 is 5.31. The molecule has 1 aromatic heterocycles. The number of hydrogen-bond donors (Lipinski definition) is 2. The lowest BCUT2D eigenvalue weighted by molar-refractivity contribution is 0.417. The van der Waals surface area contributed by atoms with Crippen molar-refractivity contribution in [1.82, 2.24) is 15.2 Å². The molecule has 0 atom stereocenters. The molecule has 0 bridgehead atoms. The monoisotopic (exact) mass is 355 g/mol. The van der Waals surface area contributed by atoms with E-state index in [4.69, 9.17) is 16.3 Å². The van der Waals surface area contributed by atoms with Crippen molar-refractivity contribution < 1.29 is 4.74 Å². The average molecular weight is 356 g/mol. The van der Waals surface area contributed by atoms with Crippen LogP contribution in [0.1, 0.15) is 11.1 Å². The smallest absolute Gasteiger partial charge is 0.249 e. The first kappa shape index (κ1) is 17.0. The Morgan fingerprint density at radius 2 is 2.00 bits per heavy atom. The van der Waals surface area contributed by atoms with E-state index in [0.717, 1.165) is 0 Å². The lowest BCUT2D eigenvalue weighted by atomic mass is 10.1. The van der Waals surface area contributed by atoms with Crippen LogP contribution in [-0.4, -0.2) is 22.3 Å². The molecule has 7 heteroatoms. The molecule has 0 aliphatic rings. The Bertz CT molecular complexity index is 872. The normalized spacial score (nSPS) is 10.4. The first-order chi connectivity index (χ1) is 12.2. The maximum atomic E-state index is 6.04. The predicted octanol–water partition coefficient (Wildman–Crippen LogP) is 4.20. The summed E-state index contributed by atoms with van der Waals surface area (Å²) in [5.41, 5.74) is 3.10. The van der Waals surface area contributed by atoms with Crippen LogP contribution >= 0.6 is 11.6 Å². The highest BCUT2D eigenvalue weighted by Crippen LogP contribution is 2.29. The van der Waals surface area contributed by atoms with Crippen molar-refractivity contribution in [1.29, 1.82) is 0 Å². The van der Waals surface area contributed by atoms with Gasteiger partial charge >= 0.3 is 0 Å². The van der Waals surface area contributed by atoms with Crippen molar-refractivity contribution in [3.05, 3.63) is 64.8 Å². The molecule has 2 N–H and O–H groups in total. The number of halogens is 1. The molecule has 0 radical (unpaired) electrons. The molecule has 3 aromatic rings. The number of nitrogens with zero attached hydrogens (tertiary/aromatic N) is 3. The second-order valence-electron chi connectivity index (χ2n) is 5.41. The van der Waals surface area contributed by atoms with Crippen molar-refractivity contribution in [2.75, 3.05) is 17.7 Å². The van der Waals surface area contributed by atoms with Gasteiger partial charge in [-0.2, -0.15) is 10.1 Å². The second kappa shape index (κ2) is 7.81. The van der Waals surface area contributed by atoms with Crippen LogP contribution in [0, 0.1) is 6.92 Å². The molecule has 0 fully saturated rings. The minimum Gasteiger partial charge on any atom is -0.495 e. The van der Waals surface area contributed by atoms with E-state index in [1.165, 1.54) is 11.1 Å². The summed E-state index contributed by atoms with van der Waals surface area (Å²) in [5.74, 6) is 1.63. The van der Waals surface area contributed by atoms with Crippen molar-refractivity contribution in [3.8, 4) is 5.75 Å². The maximum absolute atomic E-state index is 6.04. The summed E-state index contributed by atoms with van der Waals surface area (Å²) >= 11 is 6.04. The Morgan fingerprint density at radius 1 is 1.16 bits per heavy atom. The van der Waals surface area contributed by atoms with Gasteiger partial charge in [0, 0.05) is 11.6 Å². The molecule has 0 unspecified atom stereocenters. The van der Waals surface area contributed by atoms with Gasteiger partial charge in [0.15, 0.2) is 5.82 Å². The lowest BCUT2D eigenvalue weighted by Gasteiger charge is -2.11. The summed E-state index contributed by atoms with van der Waals surface area (Å²) in [6.07, 6.45) is 1.58. The average Bonchev–Trinajstić information content (AvgIpc) is 2.62. The largest absolute Gasteiger partial charge is 0.495 e. The molecule has 0 spiro atoms. The van der Waals surface area contributed by atoms with E-state index in [-0.39, 0.29) is 0 Å². The molecular formula is C18H18ClN5O. The predicted molar refractivity (Wildman–Crippen MR) is 99.6 cm³/mol. The van der Waals surface area contributed by atoms with Crippen LogP contribution in [0.2, 0.25) is 5.02 Å². The maximum Gasteiger partial charge on any atom is 0.249 e. The molecule has 6 nitrogen and oxygen atoms in total. The van der Waals surface area contributed by atoms with E-state index in [0.29, 0.717) is 34.8 Å². The molecule has 25 heavy (non-hydrogen) atoms. The third kappa shape index (κ3) is 4.36. The quantitative estimate of drug-likeness (QED) is 0.690.